The van der Waals surface area contributed by atoms with Crippen LogP contribution in [0.3, 0.4) is 0 Å². The average Bonchev–Trinajstić information content (AvgIpc) is 3.45. The molecule has 0 saturated carbocycles. The summed E-state index contributed by atoms with van der Waals surface area (Å²) in [5.74, 6) is -1.24. The Morgan fingerprint density at radius 2 is 1.74 bits per heavy atom. The highest BCUT2D eigenvalue weighted by Crippen LogP contribution is 2.66. The van der Waals surface area contributed by atoms with Gasteiger partial charge in [-0.1, -0.05) is 61.7 Å². The molecular weight excluding hydrogens is 604 g/mol. The van der Waals surface area contributed by atoms with E-state index in [-0.39, 0.29) is 25.4 Å². The number of carbonyl (C=O) groups excluding carboxylic acids is 2. The highest BCUT2D eigenvalue weighted by atomic mass is 32.3. The van der Waals surface area contributed by atoms with Gasteiger partial charge >= 0.3 is 11.9 Å². The van der Waals surface area contributed by atoms with Crippen molar-refractivity contribution in [1.29, 1.82) is 0 Å². The lowest BCUT2D eigenvalue weighted by Gasteiger charge is -2.45. The molecule has 0 aliphatic carbocycles. The zero-order valence-electron chi connectivity index (χ0n) is 25.2. The summed E-state index contributed by atoms with van der Waals surface area (Å²) in [6, 6.07) is 22.3. The Morgan fingerprint density at radius 1 is 1.04 bits per heavy atom. The zero-order valence-corrected chi connectivity index (χ0v) is 26.0. The number of esters is 2. The predicted molar refractivity (Wildman–Crippen MR) is 175 cm³/mol. The molecular formula is C36H32N2O7S. The summed E-state index contributed by atoms with van der Waals surface area (Å²) in [5, 5.41) is 1.66. The third-order valence-corrected chi connectivity index (χ3v) is 10.4. The maximum atomic E-state index is 14.0. The lowest BCUT2D eigenvalue weighted by Crippen LogP contribution is -2.34. The molecule has 234 valence electrons. The van der Waals surface area contributed by atoms with Gasteiger partial charge in [0.2, 0.25) is 6.10 Å². The van der Waals surface area contributed by atoms with Gasteiger partial charge in [0.25, 0.3) is 5.56 Å². The molecule has 1 unspecified atom stereocenters. The lowest BCUT2D eigenvalue weighted by atomic mass is 10.0. The van der Waals surface area contributed by atoms with Crippen LogP contribution < -0.4 is 16.1 Å². The minimum Gasteiger partial charge on any atom is -0.460 e. The molecule has 9 nitrogen and oxygen atoms in total. The number of hydrogen-bond donors (Lipinski definition) is 0. The number of fused-ring (bicyclic) bond motifs is 4. The second-order valence-electron chi connectivity index (χ2n) is 10.4. The summed E-state index contributed by atoms with van der Waals surface area (Å²) < 4.78 is 25.8. The number of ether oxygens (including phenoxy) is 2. The predicted octanol–water partition coefficient (Wildman–Crippen LogP) is 4.65. The first-order chi connectivity index (χ1) is 22.4. The summed E-state index contributed by atoms with van der Waals surface area (Å²) >= 11 is 0. The van der Waals surface area contributed by atoms with Gasteiger partial charge in [-0.05, 0) is 54.6 Å². The molecule has 1 atom stereocenters. The summed E-state index contributed by atoms with van der Waals surface area (Å²) in [6.45, 7) is 9.21. The van der Waals surface area contributed by atoms with Gasteiger partial charge in [0.05, 0.1) is 38.6 Å². The van der Waals surface area contributed by atoms with Crippen molar-refractivity contribution in [3.8, 4) is 11.4 Å². The first-order valence-electron chi connectivity index (χ1n) is 14.7. The Labute approximate surface area is 267 Å². The Bertz CT molecular complexity index is 1980. The van der Waals surface area contributed by atoms with E-state index in [0.717, 1.165) is 22.2 Å². The highest BCUT2D eigenvalue weighted by molar-refractivity contribution is 8.26. The van der Waals surface area contributed by atoms with E-state index >= 15 is 0 Å². The molecule has 10 heteroatoms. The minimum atomic E-state index is -2.91. The third-order valence-electron chi connectivity index (χ3n) is 7.69. The maximum absolute atomic E-state index is 14.0. The molecule has 0 saturated heterocycles. The van der Waals surface area contributed by atoms with Crippen LogP contribution in [-0.2, 0) is 40.6 Å². The Hall–Kier alpha value is -5.03. The molecule has 6 rings (SSSR count). The van der Waals surface area contributed by atoms with Crippen molar-refractivity contribution in [2.24, 2.45) is 0 Å². The van der Waals surface area contributed by atoms with E-state index < -0.39 is 28.6 Å². The van der Waals surface area contributed by atoms with Crippen LogP contribution in [0.25, 0.3) is 23.5 Å². The van der Waals surface area contributed by atoms with Crippen LogP contribution in [0.2, 0.25) is 0 Å². The first kappa shape index (κ1) is 31.0. The number of hydrogen-bond acceptors (Lipinski definition) is 8. The largest absolute Gasteiger partial charge is 0.460 e. The van der Waals surface area contributed by atoms with Gasteiger partial charge in [0, 0.05) is 17.2 Å². The average molecular weight is 637 g/mol. The number of benzene rings is 2. The van der Waals surface area contributed by atoms with E-state index in [4.69, 9.17) is 22.8 Å². The monoisotopic (exact) mass is 636 g/mol. The smallest absolute Gasteiger partial charge is 0.342 e. The lowest BCUT2D eigenvalue weighted by molar-refractivity contribution is -0.155. The van der Waals surface area contributed by atoms with E-state index in [2.05, 4.69) is 13.2 Å². The van der Waals surface area contributed by atoms with Gasteiger partial charge in [-0.15, -0.1) is 10.6 Å². The topological polar surface area (TPSA) is 106 Å². The summed E-state index contributed by atoms with van der Waals surface area (Å²) in [4.78, 5) is 45.6. The Morgan fingerprint density at radius 3 is 2.37 bits per heavy atom. The van der Waals surface area contributed by atoms with Crippen LogP contribution in [0.15, 0.2) is 113 Å². The molecule has 2 aromatic carbocycles. The summed E-state index contributed by atoms with van der Waals surface area (Å²) in [5.41, 5.74) is 2.58. The Kier molecular flexibility index (Phi) is 8.85. The van der Waals surface area contributed by atoms with Gasteiger partial charge in [0.1, 0.15) is 19.8 Å². The van der Waals surface area contributed by atoms with Crippen LogP contribution in [0, 0.1) is 0 Å². The molecule has 2 aromatic heterocycles. The van der Waals surface area contributed by atoms with Crippen LogP contribution in [0.1, 0.15) is 29.7 Å². The van der Waals surface area contributed by atoms with E-state index in [9.17, 15) is 14.4 Å². The molecule has 4 aromatic rings. The van der Waals surface area contributed by atoms with Crippen molar-refractivity contribution >= 4 is 34.7 Å². The third kappa shape index (κ3) is 5.62. The van der Waals surface area contributed by atoms with Gasteiger partial charge in [-0.25, -0.2) is 14.6 Å². The van der Waals surface area contributed by atoms with Crippen LogP contribution in [-0.4, -0.2) is 34.7 Å². The maximum Gasteiger partial charge on any atom is 0.342 e. The van der Waals surface area contributed by atoms with Crippen molar-refractivity contribution in [1.82, 2.24) is 9.55 Å². The van der Waals surface area contributed by atoms with Gasteiger partial charge in [-0.3, -0.25) is 13.2 Å². The zero-order chi connectivity index (χ0) is 32.3. The number of aromatic nitrogens is 2. The number of pyridine rings is 2. The molecule has 0 N–H and O–H groups in total. The van der Waals surface area contributed by atoms with Crippen molar-refractivity contribution in [3.63, 3.8) is 0 Å². The molecule has 0 fully saturated rings. The van der Waals surface area contributed by atoms with Crippen molar-refractivity contribution in [2.45, 2.75) is 36.0 Å². The second kappa shape index (κ2) is 13.1. The van der Waals surface area contributed by atoms with Gasteiger partial charge < -0.3 is 14.0 Å². The Balaban J connectivity index is 1.50. The number of allylic oxidation sites excluding steroid dienone is 1. The normalized spacial score (nSPS) is 16.2. The van der Waals surface area contributed by atoms with Crippen LogP contribution in [0.4, 0.5) is 0 Å². The van der Waals surface area contributed by atoms with Gasteiger partial charge in [0.15, 0.2) is 0 Å². The number of rotatable bonds is 10. The molecule has 0 amide bonds. The second-order valence-corrected chi connectivity index (χ2v) is 12.8. The summed E-state index contributed by atoms with van der Waals surface area (Å²) in [6.07, 6.45) is 5.22. The van der Waals surface area contributed by atoms with Crippen LogP contribution in [0.5, 0.6) is 0 Å². The SMILES string of the molecule is C=C/C=c1/nc2c(c/c1=C/C)Cn1c-2cc2c(c1=O)COC(=O)C2OS(OCCOC(=O)C=C)(c1ccccc1)c1ccccc1. The molecule has 0 bridgehead atoms. The van der Waals surface area contributed by atoms with Crippen molar-refractivity contribution in [3.05, 3.63) is 136 Å². The quantitative estimate of drug-likeness (QED) is 0.124. The molecule has 4 heterocycles. The van der Waals surface area contributed by atoms with E-state index in [1.54, 1.807) is 16.7 Å². The minimum absolute atomic E-state index is 0.0448. The molecule has 46 heavy (non-hydrogen) atoms. The molecule has 0 radical (unpaired) electrons. The van der Waals surface area contributed by atoms with E-state index in [1.807, 2.05) is 85.8 Å². The number of nitrogens with zero attached hydrogens (tertiary/aromatic N) is 2. The first-order valence-corrected chi connectivity index (χ1v) is 16.2. The fraction of sp³-hybridized carbons (Fsp3) is 0.167. The van der Waals surface area contributed by atoms with Crippen LogP contribution >= 0.6 is 10.6 Å². The van der Waals surface area contributed by atoms with Gasteiger partial charge in [-0.2, -0.15) is 0 Å². The highest BCUT2D eigenvalue weighted by Gasteiger charge is 2.41. The van der Waals surface area contributed by atoms with E-state index in [1.165, 1.54) is 0 Å². The fourth-order valence-electron chi connectivity index (χ4n) is 5.55. The number of cyclic esters (lactones) is 1. The summed E-state index contributed by atoms with van der Waals surface area (Å²) in [7, 11) is -2.91. The molecule has 2 aliphatic rings. The molecule has 2 aliphatic heterocycles. The number of carbonyl (C=O) groups is 2. The molecule has 0 spiro atoms. The van der Waals surface area contributed by atoms with Crippen molar-refractivity contribution in [2.75, 3.05) is 13.2 Å². The standard InChI is InChI=1S/C36H32N2O7S/c1-4-13-30-24(5-2)20-25-22-38-31(33(25)37-30)21-28-29(35(38)40)23-43-36(41)34(28)45-46(26-14-9-7-10-15-26,27-16-11-8-12-17-27)44-19-18-42-32(39)6-3/h4-17,20-21,34H,1,3,18-19,22-23H2,2H3/b24-5-,30-13+. The fourth-order valence-corrected chi connectivity index (χ4v) is 8.16. The van der Waals surface area contributed by atoms with Crippen molar-refractivity contribution < 1.29 is 27.4 Å². The van der Waals surface area contributed by atoms with E-state index in [0.29, 0.717) is 38.9 Å².